The number of aromatic nitrogens is 1. The number of rotatable bonds is 8. The molecule has 8 heteroatoms. The summed E-state index contributed by atoms with van der Waals surface area (Å²) >= 11 is 0. The number of piperazine rings is 2. The van der Waals surface area contributed by atoms with Crippen molar-refractivity contribution in [3.05, 3.63) is 17.8 Å². The summed E-state index contributed by atoms with van der Waals surface area (Å²) in [5, 5.41) is 10.0. The van der Waals surface area contributed by atoms with Gasteiger partial charge in [0.2, 0.25) is 5.89 Å². The van der Waals surface area contributed by atoms with Gasteiger partial charge in [-0.2, -0.15) is 0 Å². The normalized spacial score (nSPS) is 23.5. The van der Waals surface area contributed by atoms with Crippen LogP contribution in [0.4, 0.5) is 0 Å². The van der Waals surface area contributed by atoms with Crippen molar-refractivity contribution in [3.63, 3.8) is 0 Å². The fourth-order valence-electron chi connectivity index (χ4n) is 5.25. The van der Waals surface area contributed by atoms with Crippen LogP contribution in [0.25, 0.3) is 0 Å². The predicted molar refractivity (Wildman–Crippen MR) is 119 cm³/mol. The van der Waals surface area contributed by atoms with Crippen molar-refractivity contribution >= 4 is 5.91 Å². The van der Waals surface area contributed by atoms with Gasteiger partial charge in [-0.05, 0) is 19.3 Å². The summed E-state index contributed by atoms with van der Waals surface area (Å²) in [6.07, 6.45) is 8.51. The van der Waals surface area contributed by atoms with Crippen molar-refractivity contribution in [1.82, 2.24) is 24.6 Å². The Morgan fingerprint density at radius 1 is 1.10 bits per heavy atom. The molecule has 31 heavy (non-hydrogen) atoms. The van der Waals surface area contributed by atoms with Gasteiger partial charge in [0.15, 0.2) is 5.69 Å². The third-order valence-corrected chi connectivity index (χ3v) is 7.13. The van der Waals surface area contributed by atoms with Crippen molar-refractivity contribution in [2.45, 2.75) is 64.1 Å². The van der Waals surface area contributed by atoms with Crippen molar-refractivity contribution in [1.29, 1.82) is 0 Å². The molecule has 1 N–H and O–H groups in total. The number of amides is 1. The second-order valence-electron chi connectivity index (χ2n) is 9.41. The highest BCUT2D eigenvalue weighted by Gasteiger charge is 2.29. The van der Waals surface area contributed by atoms with Gasteiger partial charge >= 0.3 is 0 Å². The summed E-state index contributed by atoms with van der Waals surface area (Å²) in [7, 11) is 0. The highest BCUT2D eigenvalue weighted by molar-refractivity contribution is 5.92. The van der Waals surface area contributed by atoms with Gasteiger partial charge in [-0.1, -0.05) is 26.2 Å². The third kappa shape index (κ3) is 6.06. The van der Waals surface area contributed by atoms with Crippen LogP contribution in [0, 0.1) is 0 Å². The Morgan fingerprint density at radius 2 is 1.77 bits per heavy atom. The van der Waals surface area contributed by atoms with E-state index in [1.54, 1.807) is 0 Å². The Bertz CT molecular complexity index is 689. The molecule has 1 atom stereocenters. The molecular weight excluding hydrogens is 394 g/mol. The van der Waals surface area contributed by atoms with E-state index in [2.05, 4.69) is 26.6 Å². The number of carbonyl (C=O) groups excluding carboxylic acids is 1. The molecule has 0 spiro atoms. The van der Waals surface area contributed by atoms with E-state index in [0.29, 0.717) is 18.1 Å². The van der Waals surface area contributed by atoms with E-state index in [1.165, 1.54) is 31.9 Å². The number of oxazole rings is 1. The second-order valence-corrected chi connectivity index (χ2v) is 9.41. The molecule has 3 aliphatic rings. The lowest BCUT2D eigenvalue weighted by molar-refractivity contribution is 0.0567. The molecule has 2 aliphatic heterocycles. The quantitative estimate of drug-likeness (QED) is 0.668. The van der Waals surface area contributed by atoms with Gasteiger partial charge in [-0.15, -0.1) is 0 Å². The minimum atomic E-state index is -0.225. The molecule has 2 saturated heterocycles. The Morgan fingerprint density at radius 3 is 2.45 bits per heavy atom. The molecule has 4 rings (SSSR count). The SMILES string of the molecule is CCC[C@H](O)CN1CCN(Cc2nc(C(=O)N3CCN(C4CCCC4)CC3)co2)CC1. The fraction of sp³-hybridized carbons (Fsp3) is 0.826. The largest absolute Gasteiger partial charge is 0.447 e. The smallest absolute Gasteiger partial charge is 0.275 e. The summed E-state index contributed by atoms with van der Waals surface area (Å²) in [4.78, 5) is 26.5. The van der Waals surface area contributed by atoms with Crippen molar-refractivity contribution in [2.75, 3.05) is 58.9 Å². The molecule has 0 aromatic carbocycles. The maximum absolute atomic E-state index is 12.9. The van der Waals surface area contributed by atoms with E-state index >= 15 is 0 Å². The van der Waals surface area contributed by atoms with Gasteiger partial charge < -0.3 is 14.4 Å². The first kappa shape index (κ1) is 22.7. The van der Waals surface area contributed by atoms with Crippen LogP contribution < -0.4 is 0 Å². The van der Waals surface area contributed by atoms with E-state index in [4.69, 9.17) is 4.42 Å². The lowest BCUT2D eigenvalue weighted by Gasteiger charge is -2.37. The molecular formula is C23H39N5O3. The molecule has 0 radical (unpaired) electrons. The van der Waals surface area contributed by atoms with Gasteiger partial charge in [0.05, 0.1) is 12.6 Å². The Labute approximate surface area is 186 Å². The van der Waals surface area contributed by atoms with E-state index in [-0.39, 0.29) is 12.0 Å². The monoisotopic (exact) mass is 433 g/mol. The maximum atomic E-state index is 12.9. The third-order valence-electron chi connectivity index (χ3n) is 7.13. The number of aliphatic hydroxyl groups excluding tert-OH is 1. The van der Waals surface area contributed by atoms with Crippen LogP contribution in [0.15, 0.2) is 10.7 Å². The number of aliphatic hydroxyl groups is 1. The molecule has 0 unspecified atom stereocenters. The average Bonchev–Trinajstić information content (AvgIpc) is 3.47. The Kier molecular flexibility index (Phi) is 7.98. The summed E-state index contributed by atoms with van der Waals surface area (Å²) in [5.74, 6) is 0.614. The van der Waals surface area contributed by atoms with Crippen LogP contribution in [-0.2, 0) is 6.54 Å². The summed E-state index contributed by atoms with van der Waals surface area (Å²) < 4.78 is 5.64. The van der Waals surface area contributed by atoms with Crippen molar-refractivity contribution < 1.29 is 14.3 Å². The molecule has 3 fully saturated rings. The van der Waals surface area contributed by atoms with Gasteiger partial charge in [0, 0.05) is 64.9 Å². The maximum Gasteiger partial charge on any atom is 0.275 e. The van der Waals surface area contributed by atoms with Crippen LogP contribution in [0.5, 0.6) is 0 Å². The molecule has 1 aromatic rings. The zero-order valence-electron chi connectivity index (χ0n) is 19.0. The van der Waals surface area contributed by atoms with Gasteiger partial charge in [-0.25, -0.2) is 4.98 Å². The molecule has 1 amide bonds. The number of nitrogens with zero attached hydrogens (tertiary/aromatic N) is 5. The van der Waals surface area contributed by atoms with E-state index in [1.807, 2.05) is 4.90 Å². The van der Waals surface area contributed by atoms with Crippen LogP contribution in [-0.4, -0.2) is 107 Å². The number of carbonyl (C=O) groups is 1. The van der Waals surface area contributed by atoms with E-state index < -0.39 is 0 Å². The first-order valence-electron chi connectivity index (χ1n) is 12.2. The predicted octanol–water partition coefficient (Wildman–Crippen LogP) is 1.65. The molecule has 0 bridgehead atoms. The topological polar surface area (TPSA) is 76.3 Å². The highest BCUT2D eigenvalue weighted by Crippen LogP contribution is 2.24. The van der Waals surface area contributed by atoms with Crippen LogP contribution >= 0.6 is 0 Å². The lowest BCUT2D eigenvalue weighted by Crippen LogP contribution is -2.51. The van der Waals surface area contributed by atoms with Gasteiger partial charge in [-0.3, -0.25) is 19.5 Å². The van der Waals surface area contributed by atoms with Crippen LogP contribution in [0.1, 0.15) is 61.8 Å². The lowest BCUT2D eigenvalue weighted by atomic mass is 10.2. The van der Waals surface area contributed by atoms with Gasteiger partial charge in [0.1, 0.15) is 6.26 Å². The van der Waals surface area contributed by atoms with Crippen LogP contribution in [0.2, 0.25) is 0 Å². The molecule has 174 valence electrons. The molecule has 1 saturated carbocycles. The Balaban J connectivity index is 1.20. The number of hydrogen-bond donors (Lipinski definition) is 1. The second kappa shape index (κ2) is 10.9. The first-order valence-corrected chi connectivity index (χ1v) is 12.2. The molecule has 8 nitrogen and oxygen atoms in total. The van der Waals surface area contributed by atoms with E-state index in [9.17, 15) is 9.90 Å². The van der Waals surface area contributed by atoms with Crippen molar-refractivity contribution in [2.24, 2.45) is 0 Å². The van der Waals surface area contributed by atoms with E-state index in [0.717, 1.165) is 77.8 Å². The standard InChI is InChI=1S/C23H39N5O3/c1-2-5-20(29)16-25-8-10-26(11-9-25)17-22-24-21(18-31-22)23(30)28-14-12-27(13-15-28)19-6-3-4-7-19/h18-20,29H,2-17H2,1H3/t20-/m0/s1. The highest BCUT2D eigenvalue weighted by atomic mass is 16.3. The first-order chi connectivity index (χ1) is 15.1. The number of hydrogen-bond acceptors (Lipinski definition) is 7. The zero-order chi connectivity index (χ0) is 21.6. The summed E-state index contributed by atoms with van der Waals surface area (Å²) in [6.45, 7) is 10.7. The zero-order valence-corrected chi connectivity index (χ0v) is 19.0. The Hall–Kier alpha value is -1.48. The summed E-state index contributed by atoms with van der Waals surface area (Å²) in [5.41, 5.74) is 0.436. The minimum absolute atomic E-state index is 0.00389. The van der Waals surface area contributed by atoms with Crippen LogP contribution in [0.3, 0.4) is 0 Å². The van der Waals surface area contributed by atoms with Gasteiger partial charge in [0.25, 0.3) is 5.91 Å². The average molecular weight is 434 g/mol. The fourth-order valence-corrected chi connectivity index (χ4v) is 5.25. The van der Waals surface area contributed by atoms with Crippen molar-refractivity contribution in [3.8, 4) is 0 Å². The molecule has 1 aliphatic carbocycles. The minimum Gasteiger partial charge on any atom is -0.447 e. The molecule has 1 aromatic heterocycles. The number of β-amino-alcohol motifs (C(OH)–C–C–N with tert-alkyl or cyclic N) is 1. The molecule has 3 heterocycles. The summed E-state index contributed by atoms with van der Waals surface area (Å²) in [6, 6.07) is 0.728.